The third-order valence-corrected chi connectivity index (χ3v) is 27.1. The van der Waals surface area contributed by atoms with Crippen LogP contribution in [0.5, 0.6) is 0 Å². The number of para-hydroxylation sites is 7. The lowest BCUT2D eigenvalue weighted by atomic mass is 9.82. The Balaban J connectivity index is 0.000000114. The molecule has 690 valence electrons. The molecule has 0 radical (unpaired) electrons. The molecule has 0 fully saturated rings. The number of rotatable bonds is 19. The first-order chi connectivity index (χ1) is 69.5. The van der Waals surface area contributed by atoms with Gasteiger partial charge in [0.2, 0.25) is 0 Å². The minimum atomic E-state index is -0.0282. The minimum absolute atomic E-state index is 0.00241. The van der Waals surface area contributed by atoms with Gasteiger partial charge in [-0.15, -0.1) is 0 Å². The number of benzene rings is 21. The van der Waals surface area contributed by atoms with E-state index in [1.54, 1.807) is 0 Å². The van der Waals surface area contributed by atoms with E-state index in [0.29, 0.717) is 0 Å². The average Bonchev–Trinajstić information content (AvgIpc) is 1.58. The predicted octanol–water partition coefficient (Wildman–Crippen LogP) is 38.6. The molecular formula is C137H117N5. The number of fused-ring (bicyclic) bond motifs is 6. The molecule has 0 amide bonds. The van der Waals surface area contributed by atoms with Gasteiger partial charge in [-0.3, -0.25) is 0 Å². The van der Waals surface area contributed by atoms with Crippen molar-refractivity contribution in [2.45, 2.75) is 73.1 Å². The van der Waals surface area contributed by atoms with Crippen molar-refractivity contribution in [3.8, 4) is 66.8 Å². The van der Waals surface area contributed by atoms with E-state index < -0.39 is 0 Å². The Labute approximate surface area is 839 Å². The molecule has 0 bridgehead atoms. The zero-order valence-corrected chi connectivity index (χ0v) is 82.2. The molecule has 21 aromatic carbocycles. The van der Waals surface area contributed by atoms with Crippen LogP contribution in [0.15, 0.2) is 546 Å². The molecule has 0 spiro atoms. The topological polar surface area (TPSA) is 16.2 Å². The van der Waals surface area contributed by atoms with Crippen molar-refractivity contribution in [3.63, 3.8) is 0 Å². The molecule has 5 nitrogen and oxygen atoms in total. The Hall–Kier alpha value is -17.4. The Morgan fingerprint density at radius 2 is 0.261 bits per heavy atom. The first kappa shape index (κ1) is 93.6. The summed E-state index contributed by atoms with van der Waals surface area (Å²) >= 11 is 0. The fraction of sp³-hybridized carbons (Fsp3) is 0.0803. The fourth-order valence-corrected chi connectivity index (χ4v) is 19.4. The molecule has 2 aliphatic rings. The molecule has 0 saturated carbocycles. The summed E-state index contributed by atoms with van der Waals surface area (Å²) < 4.78 is 0. The summed E-state index contributed by atoms with van der Waals surface area (Å²) in [7, 11) is 0. The van der Waals surface area contributed by atoms with Crippen LogP contribution in [0.2, 0.25) is 0 Å². The van der Waals surface area contributed by atoms with Gasteiger partial charge in [-0.05, 0) is 306 Å². The summed E-state index contributed by atoms with van der Waals surface area (Å²) in [5.74, 6) is 0. The maximum absolute atomic E-state index is 2.39. The van der Waals surface area contributed by atoms with Crippen molar-refractivity contribution < 1.29 is 0 Å². The van der Waals surface area contributed by atoms with Crippen LogP contribution < -0.4 is 24.5 Å². The molecule has 21 aromatic rings. The molecule has 0 saturated heterocycles. The maximum Gasteiger partial charge on any atom is 0.0465 e. The Morgan fingerprint density at radius 3 is 0.479 bits per heavy atom. The molecular weight excluding hydrogens is 1720 g/mol. The number of aryl methyl sites for hydroxylation is 5. The van der Waals surface area contributed by atoms with Gasteiger partial charge in [0.15, 0.2) is 0 Å². The van der Waals surface area contributed by atoms with Gasteiger partial charge in [0.25, 0.3) is 0 Å². The third-order valence-electron chi connectivity index (χ3n) is 27.1. The molecule has 2 aliphatic carbocycles. The molecule has 0 aliphatic heterocycles. The highest BCUT2D eigenvalue weighted by atomic mass is 15.2. The minimum Gasteiger partial charge on any atom is -0.311 e. The van der Waals surface area contributed by atoms with E-state index in [1.165, 1.54) is 157 Å². The second kappa shape index (κ2) is 43.1. The quantitative estimate of drug-likeness (QED) is 0.0800. The first-order valence-corrected chi connectivity index (χ1v) is 49.2. The van der Waals surface area contributed by atoms with Crippen LogP contribution in [0.3, 0.4) is 0 Å². The monoisotopic (exact) mass is 1830 g/mol. The molecule has 0 aromatic heterocycles. The van der Waals surface area contributed by atoms with Gasteiger partial charge in [-0.2, -0.15) is 0 Å². The van der Waals surface area contributed by atoms with E-state index in [1.807, 2.05) is 24.3 Å². The van der Waals surface area contributed by atoms with Crippen molar-refractivity contribution in [1.29, 1.82) is 0 Å². The molecule has 23 rings (SSSR count). The van der Waals surface area contributed by atoms with Gasteiger partial charge in [-0.1, -0.05) is 419 Å². The lowest BCUT2D eigenvalue weighted by Gasteiger charge is -2.28. The van der Waals surface area contributed by atoms with Crippen molar-refractivity contribution in [3.05, 3.63) is 596 Å². The van der Waals surface area contributed by atoms with Crippen LogP contribution in [0, 0.1) is 34.6 Å². The Morgan fingerprint density at radius 1 is 0.120 bits per heavy atom. The normalized spacial score (nSPS) is 11.8. The molecule has 142 heavy (non-hydrogen) atoms. The van der Waals surface area contributed by atoms with E-state index >= 15 is 0 Å². The largest absolute Gasteiger partial charge is 0.311 e. The predicted molar refractivity (Wildman–Crippen MR) is 606 cm³/mol. The SMILES string of the molecule is Cc1ccc(-c2ccc(N(c3ccccc3)c3ccc(-c4ccccc4)cc3)cc2)cc1.Cc1ccc(-c2ccc(N(c3ccccc3)c3ccc4c(c3)C(C)(C)c3ccccc3-4)cc2)cc1.Cc1ccc(-c2ccc(N(c3ccccc3)c3ccccc3)cc2)cc1.Cc1ccc(N(c2ccccc2)c2ccc3c(c2)C(C)(C)c2ccccc2-3)cc1.Cc1ccc(N(c2ccccc2)c2ccccc2)cc1. The number of anilines is 15. The highest BCUT2D eigenvalue weighted by Gasteiger charge is 2.38. The van der Waals surface area contributed by atoms with E-state index in [9.17, 15) is 0 Å². The smallest absolute Gasteiger partial charge is 0.0465 e. The summed E-state index contributed by atoms with van der Waals surface area (Å²) in [6.45, 7) is 19.9. The van der Waals surface area contributed by atoms with Gasteiger partial charge < -0.3 is 24.5 Å². The standard InChI is InChI=1S/C34H29N.C31H25N.C28H25N.C25H21N.C19H17N/c1-24-13-15-25(16-14-24)26-17-19-28(20-18-26)35(27-9-5-4-6-10-27)29-21-22-31-30-11-7-8-12-32(30)34(2,3)33(31)23-29;1-24-12-14-26(15-13-24)28-18-22-31(23-19-28)32(29-10-6-3-7-11-29)30-20-16-27(17-21-30)25-8-4-2-5-9-25;1-20-13-15-22(16-14-20)29(21-9-5-4-6-10-21)23-17-18-25-24-11-7-8-12-26(24)28(2,3)27(25)19-23;1-20-12-14-21(15-13-20)22-16-18-25(19-17-22)26(23-8-4-2-5-9-23)24-10-6-3-7-11-24;1-16-12-14-19(15-13-16)20(17-8-4-2-5-9-17)18-10-6-3-7-11-18/h4-23H,1-3H3;2-23H,1H3;4-19H,1-3H3;2-19H,1H3;2-15H,1H3. The zero-order chi connectivity index (χ0) is 97.3. The molecule has 0 atom stereocenters. The third kappa shape index (κ3) is 21.2. The fourth-order valence-electron chi connectivity index (χ4n) is 19.4. The average molecular weight is 1830 g/mol. The molecule has 0 unspecified atom stereocenters. The van der Waals surface area contributed by atoms with Gasteiger partial charge in [0.1, 0.15) is 0 Å². The second-order valence-corrected chi connectivity index (χ2v) is 37.6. The number of nitrogens with zero attached hydrogens (tertiary/aromatic N) is 5. The summed E-state index contributed by atoms with van der Waals surface area (Å²) in [5.41, 5.74) is 44.6. The summed E-state index contributed by atoms with van der Waals surface area (Å²) in [4.78, 5) is 11.5. The summed E-state index contributed by atoms with van der Waals surface area (Å²) in [6.07, 6.45) is 0. The van der Waals surface area contributed by atoms with Crippen LogP contribution in [-0.2, 0) is 10.8 Å². The van der Waals surface area contributed by atoms with Crippen LogP contribution in [0.1, 0.15) is 77.8 Å². The van der Waals surface area contributed by atoms with Crippen LogP contribution in [0.4, 0.5) is 85.3 Å². The summed E-state index contributed by atoms with van der Waals surface area (Å²) in [5, 5.41) is 0. The zero-order valence-electron chi connectivity index (χ0n) is 82.2. The van der Waals surface area contributed by atoms with E-state index in [0.717, 1.165) is 45.5 Å². The lowest BCUT2D eigenvalue weighted by molar-refractivity contribution is 0.660. The van der Waals surface area contributed by atoms with Gasteiger partial charge in [0.05, 0.1) is 0 Å². The molecule has 0 N–H and O–H groups in total. The maximum atomic E-state index is 2.39. The van der Waals surface area contributed by atoms with E-state index in [2.05, 4.69) is 609 Å². The number of hydrogen-bond donors (Lipinski definition) is 0. The Kier molecular flexibility index (Phi) is 28.4. The highest BCUT2D eigenvalue weighted by molar-refractivity contribution is 5.90. The van der Waals surface area contributed by atoms with E-state index in [4.69, 9.17) is 0 Å². The molecule has 0 heterocycles. The van der Waals surface area contributed by atoms with Crippen molar-refractivity contribution in [2.75, 3.05) is 24.5 Å². The van der Waals surface area contributed by atoms with Crippen molar-refractivity contribution in [2.24, 2.45) is 0 Å². The second-order valence-electron chi connectivity index (χ2n) is 37.6. The van der Waals surface area contributed by atoms with Crippen LogP contribution in [-0.4, -0.2) is 0 Å². The van der Waals surface area contributed by atoms with Crippen LogP contribution >= 0.6 is 0 Å². The summed E-state index contributed by atoms with van der Waals surface area (Å²) in [6, 6.07) is 194. The lowest BCUT2D eigenvalue weighted by Crippen LogP contribution is -2.16. The van der Waals surface area contributed by atoms with Crippen molar-refractivity contribution >= 4 is 85.3 Å². The van der Waals surface area contributed by atoms with E-state index in [-0.39, 0.29) is 10.8 Å². The Bertz CT molecular complexity index is 7600. The number of hydrogen-bond acceptors (Lipinski definition) is 5. The first-order valence-electron chi connectivity index (χ1n) is 49.2. The van der Waals surface area contributed by atoms with Gasteiger partial charge in [-0.25, -0.2) is 0 Å². The van der Waals surface area contributed by atoms with Gasteiger partial charge in [0, 0.05) is 96.1 Å². The van der Waals surface area contributed by atoms with Gasteiger partial charge >= 0.3 is 0 Å². The van der Waals surface area contributed by atoms with Crippen LogP contribution in [0.25, 0.3) is 66.8 Å². The molecule has 5 heteroatoms. The highest BCUT2D eigenvalue weighted by Crippen LogP contribution is 2.54. The van der Waals surface area contributed by atoms with Crippen molar-refractivity contribution in [1.82, 2.24) is 0 Å².